The fourth-order valence-electron chi connectivity index (χ4n) is 5.79. The van der Waals surface area contributed by atoms with Crippen molar-refractivity contribution in [1.82, 2.24) is 19.8 Å². The predicted molar refractivity (Wildman–Crippen MR) is 177 cm³/mol. The van der Waals surface area contributed by atoms with Crippen molar-refractivity contribution < 1.29 is 33.7 Å². The van der Waals surface area contributed by atoms with Gasteiger partial charge >= 0.3 is 6.09 Å². The second kappa shape index (κ2) is 15.2. The molecule has 4 aromatic rings. The number of carbonyl (C=O) groups is 3. The van der Waals surface area contributed by atoms with Gasteiger partial charge in [-0.1, -0.05) is 97.5 Å². The molecule has 1 unspecified atom stereocenters. The van der Waals surface area contributed by atoms with Gasteiger partial charge in [0.25, 0.3) is 5.91 Å². The van der Waals surface area contributed by atoms with Crippen molar-refractivity contribution in [3.8, 4) is 0 Å². The maximum absolute atomic E-state index is 13.1. The summed E-state index contributed by atoms with van der Waals surface area (Å²) in [6.07, 6.45) is 1.73. The van der Waals surface area contributed by atoms with Crippen LogP contribution in [0.3, 0.4) is 0 Å². The van der Waals surface area contributed by atoms with Crippen LogP contribution in [0.25, 0.3) is 0 Å². The number of hydrogen-bond acceptors (Lipinski definition) is 9. The molecule has 2 aliphatic rings. The topological polar surface area (TPSA) is 132 Å². The smallest absolute Gasteiger partial charge is 0.408 e. The molecule has 2 saturated heterocycles. The first-order chi connectivity index (χ1) is 23.3. The highest BCUT2D eigenvalue weighted by Crippen LogP contribution is 2.43. The fourth-order valence-corrected chi connectivity index (χ4v) is 6.88. The maximum atomic E-state index is 13.1. The Morgan fingerprint density at radius 3 is 2.38 bits per heavy atom. The van der Waals surface area contributed by atoms with Gasteiger partial charge in [0, 0.05) is 36.7 Å². The molecule has 0 saturated carbocycles. The molecule has 1 aromatic heterocycles. The van der Waals surface area contributed by atoms with Gasteiger partial charge in [-0.2, -0.15) is 0 Å². The van der Waals surface area contributed by atoms with E-state index in [1.807, 2.05) is 96.7 Å². The monoisotopic (exact) mass is 670 g/mol. The van der Waals surface area contributed by atoms with Gasteiger partial charge in [-0.15, -0.1) is 0 Å². The molecule has 0 bridgehead atoms. The Kier molecular flexibility index (Phi) is 10.6. The number of benzene rings is 3. The Hall–Kier alpha value is -4.49. The molecule has 5 atom stereocenters. The van der Waals surface area contributed by atoms with Gasteiger partial charge in [0.15, 0.2) is 11.4 Å². The lowest BCUT2D eigenvalue weighted by Crippen LogP contribution is -2.41. The van der Waals surface area contributed by atoms with E-state index in [4.69, 9.17) is 14.2 Å². The van der Waals surface area contributed by atoms with Gasteiger partial charge < -0.3 is 29.2 Å². The van der Waals surface area contributed by atoms with Crippen LogP contribution in [0.15, 0.2) is 96.4 Å². The fraction of sp³-hybridized carbons (Fsp3) is 0.333. The Labute approximate surface area is 283 Å². The van der Waals surface area contributed by atoms with Crippen LogP contribution in [0.4, 0.5) is 4.79 Å². The number of aryl methyl sites for hydroxylation is 1. The molecule has 12 heteroatoms. The zero-order valence-electron chi connectivity index (χ0n) is 26.7. The molecule has 3 amide bonds. The number of nitrogens with one attached hydrogen (secondary N) is 1. The van der Waals surface area contributed by atoms with E-state index in [1.54, 1.807) is 18.0 Å². The standard InChI is InChI=1S/C36H38N4O7S/c1-23-30(22-48-35-37-16-17-39(35)2)46-34(47-32(23)27-12-10-25(20-41)11-13-27)28-14-8-24(9-15-28)19-40-31(42)18-29(33(40)43)38-36(44)45-21-26-6-4-3-5-7-26/h3-17,23,29-30,32,34,41H,18-22H2,1-2H3,(H,38,44)/t23-,29?,30+,32+,34+/m0/s1. The van der Waals surface area contributed by atoms with E-state index in [0.717, 1.165) is 37.9 Å². The molecule has 0 spiro atoms. The van der Waals surface area contributed by atoms with Crippen LogP contribution in [0.1, 0.15) is 53.6 Å². The van der Waals surface area contributed by atoms with Crippen molar-refractivity contribution >= 4 is 29.7 Å². The molecule has 2 N–H and O–H groups in total. The van der Waals surface area contributed by atoms with Gasteiger partial charge in [-0.05, 0) is 22.3 Å². The SMILES string of the molecule is C[C@H]1[C@@H](CSc2nccn2C)O[C@@H](c2ccc(CN3C(=O)CC(NC(=O)OCc4ccccc4)C3=O)cc2)O[C@H]1c1ccc(CO)cc1. The number of thioether (sulfide) groups is 1. The first kappa shape index (κ1) is 33.4. The second-order valence-corrected chi connectivity index (χ2v) is 13.0. The van der Waals surface area contributed by atoms with E-state index < -0.39 is 24.3 Å². The Morgan fingerprint density at radius 2 is 1.69 bits per heavy atom. The Bertz CT molecular complexity index is 1710. The molecule has 48 heavy (non-hydrogen) atoms. The first-order valence-electron chi connectivity index (χ1n) is 15.8. The van der Waals surface area contributed by atoms with Gasteiger partial charge in [-0.3, -0.25) is 14.5 Å². The van der Waals surface area contributed by atoms with Crippen molar-refractivity contribution in [1.29, 1.82) is 0 Å². The number of aromatic nitrogens is 2. The molecule has 11 nitrogen and oxygen atoms in total. The van der Waals surface area contributed by atoms with Crippen molar-refractivity contribution in [2.24, 2.45) is 13.0 Å². The minimum Gasteiger partial charge on any atom is -0.445 e. The highest BCUT2D eigenvalue weighted by atomic mass is 32.2. The quantitative estimate of drug-likeness (QED) is 0.166. The number of nitrogens with zero attached hydrogens (tertiary/aromatic N) is 3. The number of imidazole rings is 1. The molecule has 3 aromatic carbocycles. The number of likely N-dealkylation sites (tertiary alicyclic amines) is 1. The minimum absolute atomic E-state index is 0.0256. The summed E-state index contributed by atoms with van der Waals surface area (Å²) >= 11 is 1.63. The van der Waals surface area contributed by atoms with E-state index in [0.29, 0.717) is 5.75 Å². The second-order valence-electron chi connectivity index (χ2n) is 12.0. The summed E-state index contributed by atoms with van der Waals surface area (Å²) < 4.78 is 20.3. The van der Waals surface area contributed by atoms with Crippen molar-refractivity contribution in [3.05, 3.63) is 119 Å². The molecule has 6 rings (SSSR count). The normalized spacial score (nSPS) is 22.6. The van der Waals surface area contributed by atoms with Crippen LogP contribution in [-0.4, -0.2) is 55.4 Å². The number of imide groups is 1. The zero-order valence-corrected chi connectivity index (χ0v) is 27.5. The molecular formula is C36H38N4O7S. The lowest BCUT2D eigenvalue weighted by atomic mass is 9.91. The highest BCUT2D eigenvalue weighted by molar-refractivity contribution is 7.99. The molecule has 0 aliphatic carbocycles. The lowest BCUT2D eigenvalue weighted by Gasteiger charge is -2.41. The van der Waals surface area contributed by atoms with E-state index in [2.05, 4.69) is 17.2 Å². The van der Waals surface area contributed by atoms with Gasteiger partial charge in [0.05, 0.1) is 31.8 Å². The average molecular weight is 671 g/mol. The zero-order chi connectivity index (χ0) is 33.6. The van der Waals surface area contributed by atoms with Crippen LogP contribution in [0.5, 0.6) is 0 Å². The van der Waals surface area contributed by atoms with Crippen LogP contribution < -0.4 is 5.32 Å². The van der Waals surface area contributed by atoms with Crippen LogP contribution in [0, 0.1) is 5.92 Å². The van der Waals surface area contributed by atoms with Gasteiger partial charge in [-0.25, -0.2) is 9.78 Å². The number of aliphatic hydroxyl groups is 1. The summed E-state index contributed by atoms with van der Waals surface area (Å²) in [5.41, 5.74) is 4.18. The molecule has 2 fully saturated rings. The largest absolute Gasteiger partial charge is 0.445 e. The maximum Gasteiger partial charge on any atom is 0.408 e. The average Bonchev–Trinajstić information content (AvgIpc) is 3.64. The number of aliphatic hydroxyl groups excluding tert-OH is 1. The highest BCUT2D eigenvalue weighted by Gasteiger charge is 2.40. The molecule has 250 valence electrons. The number of ether oxygens (including phenoxy) is 3. The minimum atomic E-state index is -0.977. The van der Waals surface area contributed by atoms with Crippen LogP contribution in [0.2, 0.25) is 0 Å². The number of hydrogen-bond donors (Lipinski definition) is 2. The van der Waals surface area contributed by atoms with Crippen molar-refractivity contribution in [2.75, 3.05) is 5.75 Å². The lowest BCUT2D eigenvalue weighted by molar-refractivity contribution is -0.268. The van der Waals surface area contributed by atoms with Crippen LogP contribution in [-0.2, 0) is 50.6 Å². The number of alkyl carbamates (subject to hydrolysis) is 1. The van der Waals surface area contributed by atoms with Crippen molar-refractivity contribution in [2.45, 2.75) is 62.8 Å². The van der Waals surface area contributed by atoms with Crippen molar-refractivity contribution in [3.63, 3.8) is 0 Å². The van der Waals surface area contributed by atoms with E-state index in [9.17, 15) is 19.5 Å². The Morgan fingerprint density at radius 1 is 0.979 bits per heavy atom. The van der Waals surface area contributed by atoms with Gasteiger partial charge in [0.2, 0.25) is 5.91 Å². The molecule has 2 aliphatic heterocycles. The summed E-state index contributed by atoms with van der Waals surface area (Å²) in [4.78, 5) is 43.8. The third kappa shape index (κ3) is 7.79. The first-order valence-corrected chi connectivity index (χ1v) is 16.8. The summed E-state index contributed by atoms with van der Waals surface area (Å²) in [5, 5.41) is 13.0. The number of amides is 3. The Balaban J connectivity index is 1.10. The predicted octanol–water partition coefficient (Wildman–Crippen LogP) is 5.05. The summed E-state index contributed by atoms with van der Waals surface area (Å²) in [5.74, 6) is -0.147. The number of carbonyl (C=O) groups excluding carboxylic acids is 3. The number of rotatable bonds is 11. The molecule has 3 heterocycles. The van der Waals surface area contributed by atoms with Crippen LogP contribution >= 0.6 is 11.8 Å². The van der Waals surface area contributed by atoms with E-state index >= 15 is 0 Å². The summed E-state index contributed by atoms with van der Waals surface area (Å²) in [7, 11) is 1.96. The third-order valence-corrected chi connectivity index (χ3v) is 9.77. The van der Waals surface area contributed by atoms with E-state index in [1.165, 1.54) is 0 Å². The third-order valence-electron chi connectivity index (χ3n) is 8.62. The van der Waals surface area contributed by atoms with E-state index in [-0.39, 0.29) is 50.2 Å². The summed E-state index contributed by atoms with van der Waals surface area (Å²) in [6, 6.07) is 23.4. The molecule has 0 radical (unpaired) electrons. The van der Waals surface area contributed by atoms with Gasteiger partial charge in [0.1, 0.15) is 12.6 Å². The molecular weight excluding hydrogens is 632 g/mol. The summed E-state index contributed by atoms with van der Waals surface area (Å²) in [6.45, 7) is 2.21.